The highest BCUT2D eigenvalue weighted by Crippen LogP contribution is 2.17. The van der Waals surface area contributed by atoms with E-state index in [0.717, 1.165) is 10.6 Å². The number of benzene rings is 1. The molecule has 0 aliphatic carbocycles. The van der Waals surface area contributed by atoms with Crippen molar-refractivity contribution in [3.63, 3.8) is 0 Å². The average molecular weight is 232 g/mol. The summed E-state index contributed by atoms with van der Waals surface area (Å²) in [7, 11) is -3.36. The normalized spacial score (nSPS) is 11.4. The lowest BCUT2D eigenvalue weighted by Gasteiger charge is -2.21. The fraction of sp³-hybridized carbons (Fsp3) is 0.333. The van der Waals surface area contributed by atoms with Gasteiger partial charge in [0, 0.05) is 13.1 Å². The van der Waals surface area contributed by atoms with Gasteiger partial charge in [0.2, 0.25) is 10.0 Å². The Balaban J connectivity index is 3.05. The van der Waals surface area contributed by atoms with E-state index >= 15 is 0 Å². The second-order valence-corrected chi connectivity index (χ2v) is 5.01. The summed E-state index contributed by atoms with van der Waals surface area (Å²) in [4.78, 5) is 0. The topological polar surface area (TPSA) is 63.4 Å². The van der Waals surface area contributed by atoms with Crippen molar-refractivity contribution in [2.45, 2.75) is 0 Å². The van der Waals surface area contributed by atoms with Crippen molar-refractivity contribution in [1.29, 1.82) is 0 Å². The minimum atomic E-state index is -3.36. The molecule has 0 fully saturated rings. The van der Waals surface area contributed by atoms with Gasteiger partial charge >= 0.3 is 0 Å². The van der Waals surface area contributed by atoms with Crippen LogP contribution in [0.1, 0.15) is 0 Å². The van der Waals surface area contributed by atoms with Crippen LogP contribution in [0.15, 0.2) is 24.3 Å². The molecule has 0 atom stereocenters. The Kier molecular flexibility index (Phi) is 3.65. The molecule has 0 bridgehead atoms. The zero-order valence-electron chi connectivity index (χ0n) is 8.35. The van der Waals surface area contributed by atoms with Gasteiger partial charge in [-0.2, -0.15) is 0 Å². The maximum atomic E-state index is 12.6. The molecule has 4 nitrogen and oxygen atoms in total. The molecule has 6 heteroatoms. The van der Waals surface area contributed by atoms with Crippen LogP contribution in [-0.4, -0.2) is 27.8 Å². The molecule has 15 heavy (non-hydrogen) atoms. The van der Waals surface area contributed by atoms with Crippen LogP contribution in [0.2, 0.25) is 0 Å². The first-order valence-corrected chi connectivity index (χ1v) is 6.23. The maximum Gasteiger partial charge on any atom is 0.232 e. The van der Waals surface area contributed by atoms with Gasteiger partial charge in [0.05, 0.1) is 11.9 Å². The molecule has 0 aliphatic heterocycles. The summed E-state index contributed by atoms with van der Waals surface area (Å²) < 4.78 is 36.6. The molecule has 0 unspecified atom stereocenters. The molecule has 0 saturated carbocycles. The van der Waals surface area contributed by atoms with Crippen LogP contribution in [0.25, 0.3) is 0 Å². The second kappa shape index (κ2) is 4.59. The van der Waals surface area contributed by atoms with E-state index in [0.29, 0.717) is 5.69 Å². The molecule has 84 valence electrons. The Morgan fingerprint density at radius 3 is 2.27 bits per heavy atom. The summed E-state index contributed by atoms with van der Waals surface area (Å²) in [5, 5.41) is 0. The van der Waals surface area contributed by atoms with Crippen LogP contribution in [0, 0.1) is 5.82 Å². The molecule has 0 spiro atoms. The van der Waals surface area contributed by atoms with Gasteiger partial charge in [0.1, 0.15) is 5.82 Å². The van der Waals surface area contributed by atoms with Crippen LogP contribution in [0.3, 0.4) is 0 Å². The molecule has 0 radical (unpaired) electrons. The largest absolute Gasteiger partial charge is 0.329 e. The number of hydrogen-bond acceptors (Lipinski definition) is 3. The van der Waals surface area contributed by atoms with Gasteiger partial charge in [-0.05, 0) is 24.3 Å². The van der Waals surface area contributed by atoms with E-state index in [1.54, 1.807) is 0 Å². The molecule has 0 amide bonds. The molecule has 2 N–H and O–H groups in total. The first-order valence-electron chi connectivity index (χ1n) is 4.38. The summed E-state index contributed by atoms with van der Waals surface area (Å²) in [6.07, 6.45) is 1.09. The van der Waals surface area contributed by atoms with Gasteiger partial charge in [-0.1, -0.05) is 0 Å². The molecule has 0 aromatic heterocycles. The summed E-state index contributed by atoms with van der Waals surface area (Å²) in [5.74, 6) is -0.403. The van der Waals surface area contributed by atoms with E-state index in [4.69, 9.17) is 5.73 Å². The van der Waals surface area contributed by atoms with Crippen LogP contribution in [-0.2, 0) is 10.0 Å². The lowest BCUT2D eigenvalue weighted by atomic mass is 10.3. The Labute approximate surface area is 88.6 Å². The molecule has 1 aromatic rings. The number of halogens is 1. The lowest BCUT2D eigenvalue weighted by molar-refractivity contribution is 0.596. The first-order chi connectivity index (χ1) is 6.95. The Morgan fingerprint density at radius 2 is 1.87 bits per heavy atom. The van der Waals surface area contributed by atoms with E-state index < -0.39 is 15.8 Å². The highest BCUT2D eigenvalue weighted by atomic mass is 32.2. The average Bonchev–Trinajstić information content (AvgIpc) is 2.14. The predicted molar refractivity (Wildman–Crippen MR) is 57.6 cm³/mol. The van der Waals surface area contributed by atoms with Gasteiger partial charge < -0.3 is 5.73 Å². The number of anilines is 1. The molecule has 0 heterocycles. The van der Waals surface area contributed by atoms with Crippen molar-refractivity contribution in [3.05, 3.63) is 30.1 Å². The molecular weight excluding hydrogens is 219 g/mol. The summed E-state index contributed by atoms with van der Waals surface area (Å²) in [6.45, 7) is 0.398. The van der Waals surface area contributed by atoms with Crippen molar-refractivity contribution >= 4 is 15.7 Å². The second-order valence-electron chi connectivity index (χ2n) is 3.10. The maximum absolute atomic E-state index is 12.6. The van der Waals surface area contributed by atoms with Gasteiger partial charge in [-0.3, -0.25) is 4.31 Å². The van der Waals surface area contributed by atoms with Gasteiger partial charge in [-0.25, -0.2) is 12.8 Å². The Morgan fingerprint density at radius 1 is 1.33 bits per heavy atom. The third kappa shape index (κ3) is 3.17. The summed E-state index contributed by atoms with van der Waals surface area (Å²) in [6, 6.07) is 5.24. The summed E-state index contributed by atoms with van der Waals surface area (Å²) >= 11 is 0. The summed E-state index contributed by atoms with van der Waals surface area (Å²) in [5.41, 5.74) is 5.73. The Bertz CT molecular complexity index is 416. The standard InChI is InChI=1S/C9H13FN2O2S/c1-15(13,14)12(7-6-11)9-4-2-8(10)3-5-9/h2-5H,6-7,11H2,1H3. The first kappa shape index (κ1) is 11.9. The lowest BCUT2D eigenvalue weighted by Crippen LogP contribution is -2.34. The van der Waals surface area contributed by atoms with Crippen LogP contribution >= 0.6 is 0 Å². The highest BCUT2D eigenvalue weighted by molar-refractivity contribution is 7.92. The third-order valence-corrected chi connectivity index (χ3v) is 3.04. The van der Waals surface area contributed by atoms with E-state index in [-0.39, 0.29) is 13.1 Å². The third-order valence-electron chi connectivity index (χ3n) is 1.85. The van der Waals surface area contributed by atoms with Crippen molar-refractivity contribution in [2.75, 3.05) is 23.7 Å². The quantitative estimate of drug-likeness (QED) is 0.824. The smallest absolute Gasteiger partial charge is 0.232 e. The van der Waals surface area contributed by atoms with Crippen molar-refractivity contribution < 1.29 is 12.8 Å². The number of rotatable bonds is 4. The van der Waals surface area contributed by atoms with Crippen LogP contribution in [0.5, 0.6) is 0 Å². The SMILES string of the molecule is CS(=O)(=O)N(CCN)c1ccc(F)cc1. The number of sulfonamides is 1. The van der Waals surface area contributed by atoms with Crippen LogP contribution < -0.4 is 10.0 Å². The molecule has 0 saturated heterocycles. The minimum Gasteiger partial charge on any atom is -0.329 e. The van der Waals surface area contributed by atoms with E-state index in [1.807, 2.05) is 0 Å². The highest BCUT2D eigenvalue weighted by Gasteiger charge is 2.15. The van der Waals surface area contributed by atoms with Crippen molar-refractivity contribution in [2.24, 2.45) is 5.73 Å². The van der Waals surface area contributed by atoms with E-state index in [2.05, 4.69) is 0 Å². The molecule has 1 aromatic carbocycles. The Hall–Kier alpha value is -1.14. The fourth-order valence-electron chi connectivity index (χ4n) is 1.21. The van der Waals surface area contributed by atoms with Gasteiger partial charge in [0.25, 0.3) is 0 Å². The van der Waals surface area contributed by atoms with E-state index in [9.17, 15) is 12.8 Å². The number of nitrogens with two attached hydrogens (primary N) is 1. The molecular formula is C9H13FN2O2S. The van der Waals surface area contributed by atoms with Crippen LogP contribution in [0.4, 0.5) is 10.1 Å². The zero-order chi connectivity index (χ0) is 11.5. The van der Waals surface area contributed by atoms with Gasteiger partial charge in [-0.15, -0.1) is 0 Å². The number of hydrogen-bond donors (Lipinski definition) is 1. The van der Waals surface area contributed by atoms with Crippen molar-refractivity contribution in [3.8, 4) is 0 Å². The van der Waals surface area contributed by atoms with Crippen molar-refractivity contribution in [1.82, 2.24) is 0 Å². The van der Waals surface area contributed by atoms with E-state index in [1.165, 1.54) is 24.3 Å². The predicted octanol–water partition coefficient (Wildman–Crippen LogP) is 0.550. The zero-order valence-corrected chi connectivity index (χ0v) is 9.17. The van der Waals surface area contributed by atoms with Gasteiger partial charge in [0.15, 0.2) is 0 Å². The molecule has 0 aliphatic rings. The minimum absolute atomic E-state index is 0.185. The monoisotopic (exact) mass is 232 g/mol. The molecule has 1 rings (SSSR count). The number of nitrogens with zero attached hydrogens (tertiary/aromatic N) is 1. The fourth-order valence-corrected chi connectivity index (χ4v) is 2.15.